The summed E-state index contributed by atoms with van der Waals surface area (Å²) in [5, 5.41) is 2.35. The maximum atomic E-state index is 11.6. The van der Waals surface area contributed by atoms with Crippen molar-refractivity contribution in [2.24, 2.45) is 0 Å². The fraction of sp³-hybridized carbons (Fsp3) is 0.300. The van der Waals surface area contributed by atoms with Crippen LogP contribution in [0.1, 0.15) is 6.92 Å². The zero-order valence-electron chi connectivity index (χ0n) is 10.1. The van der Waals surface area contributed by atoms with E-state index < -0.39 is 25.6 Å². The molecule has 0 heterocycles. The quantitative estimate of drug-likeness (QED) is 0.872. The monoisotopic (exact) mass is 291 g/mol. The van der Waals surface area contributed by atoms with Crippen molar-refractivity contribution in [3.8, 4) is 0 Å². The highest BCUT2D eigenvalue weighted by molar-refractivity contribution is 7.91. The third kappa shape index (κ3) is 3.54. The maximum Gasteiger partial charge on any atom is 0.221 e. The molecule has 6 nitrogen and oxygen atoms in total. The Labute approximate surface area is 106 Å². The fourth-order valence-electron chi connectivity index (χ4n) is 1.33. The first-order valence-corrected chi connectivity index (χ1v) is 8.62. The molecule has 0 atom stereocenters. The fourth-order valence-corrected chi connectivity index (χ4v) is 2.91. The van der Waals surface area contributed by atoms with Crippen molar-refractivity contribution >= 4 is 31.3 Å². The van der Waals surface area contributed by atoms with Gasteiger partial charge in [-0.1, -0.05) is 0 Å². The van der Waals surface area contributed by atoms with Gasteiger partial charge in [-0.25, -0.2) is 16.8 Å². The third-order valence-corrected chi connectivity index (χ3v) is 4.34. The lowest BCUT2D eigenvalue weighted by atomic mass is 10.3. The van der Waals surface area contributed by atoms with E-state index in [0.717, 1.165) is 18.6 Å². The Hall–Kier alpha value is -1.41. The summed E-state index contributed by atoms with van der Waals surface area (Å²) < 4.78 is 45.9. The molecule has 1 rings (SSSR count). The minimum atomic E-state index is -3.64. The van der Waals surface area contributed by atoms with Crippen LogP contribution in [-0.2, 0) is 24.5 Å². The average molecular weight is 291 g/mol. The average Bonchev–Trinajstić information content (AvgIpc) is 2.13. The molecule has 0 bridgehead atoms. The Bertz CT molecular complexity index is 689. The lowest BCUT2D eigenvalue weighted by Crippen LogP contribution is -2.11. The third-order valence-electron chi connectivity index (χ3n) is 2.09. The first-order chi connectivity index (χ1) is 8.01. The van der Waals surface area contributed by atoms with Crippen LogP contribution in [0.25, 0.3) is 0 Å². The highest BCUT2D eigenvalue weighted by Gasteiger charge is 2.18. The van der Waals surface area contributed by atoms with Gasteiger partial charge >= 0.3 is 0 Å². The number of hydrogen-bond acceptors (Lipinski definition) is 5. The standard InChI is InChI=1S/C10H13NO5S2/c1-7(12)11-9-5-4-8(17(2,13)14)6-10(9)18(3,15)16/h4-6H,1-3H3,(H,11,12). The molecular formula is C10H13NO5S2. The predicted molar refractivity (Wildman–Crippen MR) is 67.0 cm³/mol. The molecule has 0 radical (unpaired) electrons. The number of nitrogens with one attached hydrogen (secondary N) is 1. The lowest BCUT2D eigenvalue weighted by Gasteiger charge is -2.09. The van der Waals surface area contributed by atoms with Gasteiger partial charge < -0.3 is 5.32 Å². The van der Waals surface area contributed by atoms with Gasteiger partial charge in [0.2, 0.25) is 5.91 Å². The molecule has 0 spiro atoms. The van der Waals surface area contributed by atoms with Crippen LogP contribution in [0.3, 0.4) is 0 Å². The van der Waals surface area contributed by atoms with Gasteiger partial charge in [0, 0.05) is 19.4 Å². The zero-order valence-corrected chi connectivity index (χ0v) is 11.7. The first kappa shape index (κ1) is 14.7. The molecule has 1 N–H and O–H groups in total. The highest BCUT2D eigenvalue weighted by atomic mass is 32.2. The summed E-state index contributed by atoms with van der Waals surface area (Å²) in [7, 11) is -7.15. The second-order valence-electron chi connectivity index (χ2n) is 3.88. The van der Waals surface area contributed by atoms with Crippen molar-refractivity contribution in [1.29, 1.82) is 0 Å². The number of carbonyl (C=O) groups excluding carboxylic acids is 1. The molecule has 100 valence electrons. The summed E-state index contributed by atoms with van der Waals surface area (Å²) in [6, 6.07) is 3.54. The largest absolute Gasteiger partial charge is 0.325 e. The summed E-state index contributed by atoms with van der Waals surface area (Å²) >= 11 is 0. The van der Waals surface area contributed by atoms with E-state index in [1.807, 2.05) is 0 Å². The summed E-state index contributed by atoms with van der Waals surface area (Å²) in [5.74, 6) is -0.438. The molecule has 0 saturated heterocycles. The van der Waals surface area contributed by atoms with Crippen LogP contribution in [-0.4, -0.2) is 35.3 Å². The van der Waals surface area contributed by atoms with Crippen LogP contribution >= 0.6 is 0 Å². The second-order valence-corrected chi connectivity index (χ2v) is 7.88. The Morgan fingerprint density at radius 3 is 2.00 bits per heavy atom. The topological polar surface area (TPSA) is 97.4 Å². The zero-order chi connectivity index (χ0) is 14.1. The van der Waals surface area contributed by atoms with Crippen molar-refractivity contribution in [3.63, 3.8) is 0 Å². The van der Waals surface area contributed by atoms with E-state index in [1.165, 1.54) is 19.1 Å². The molecule has 0 fully saturated rings. The van der Waals surface area contributed by atoms with Crippen molar-refractivity contribution < 1.29 is 21.6 Å². The molecule has 0 saturated carbocycles. The molecule has 0 aliphatic rings. The van der Waals surface area contributed by atoms with E-state index in [2.05, 4.69) is 5.32 Å². The highest BCUT2D eigenvalue weighted by Crippen LogP contribution is 2.24. The number of hydrogen-bond donors (Lipinski definition) is 1. The van der Waals surface area contributed by atoms with E-state index in [-0.39, 0.29) is 15.5 Å². The molecule has 0 unspecified atom stereocenters. The Balaban J connectivity index is 3.54. The predicted octanol–water partition coefficient (Wildman–Crippen LogP) is 0.452. The Kier molecular flexibility index (Phi) is 3.82. The summed E-state index contributed by atoms with van der Waals surface area (Å²) in [6.07, 6.45) is 1.92. The molecule has 1 aromatic rings. The van der Waals surface area contributed by atoms with E-state index in [9.17, 15) is 21.6 Å². The molecular weight excluding hydrogens is 278 g/mol. The van der Waals surface area contributed by atoms with Gasteiger partial charge in [0.05, 0.1) is 15.5 Å². The van der Waals surface area contributed by atoms with Gasteiger partial charge in [-0.05, 0) is 18.2 Å². The van der Waals surface area contributed by atoms with Crippen LogP contribution in [0.15, 0.2) is 28.0 Å². The summed E-state index contributed by atoms with van der Waals surface area (Å²) in [5.41, 5.74) is 0.0670. The summed E-state index contributed by atoms with van der Waals surface area (Å²) in [4.78, 5) is 10.6. The SMILES string of the molecule is CC(=O)Nc1ccc(S(C)(=O)=O)cc1S(C)(=O)=O. The van der Waals surface area contributed by atoms with Gasteiger partial charge in [0.15, 0.2) is 19.7 Å². The number of benzene rings is 1. The van der Waals surface area contributed by atoms with E-state index >= 15 is 0 Å². The van der Waals surface area contributed by atoms with Crippen LogP contribution in [0.5, 0.6) is 0 Å². The number of amides is 1. The van der Waals surface area contributed by atoms with Crippen molar-refractivity contribution in [1.82, 2.24) is 0 Å². The smallest absolute Gasteiger partial charge is 0.221 e. The van der Waals surface area contributed by atoms with Crippen LogP contribution in [0, 0.1) is 0 Å². The van der Waals surface area contributed by atoms with Gasteiger partial charge in [0.1, 0.15) is 0 Å². The molecule has 8 heteroatoms. The molecule has 1 aromatic carbocycles. The second kappa shape index (κ2) is 4.69. The van der Waals surface area contributed by atoms with Gasteiger partial charge in [-0.15, -0.1) is 0 Å². The number of rotatable bonds is 3. The number of anilines is 1. The maximum absolute atomic E-state index is 11.6. The lowest BCUT2D eigenvalue weighted by molar-refractivity contribution is -0.114. The van der Waals surface area contributed by atoms with E-state index in [4.69, 9.17) is 0 Å². The number of carbonyl (C=O) groups is 1. The van der Waals surface area contributed by atoms with E-state index in [1.54, 1.807) is 0 Å². The van der Waals surface area contributed by atoms with Gasteiger partial charge in [-0.2, -0.15) is 0 Å². The molecule has 0 aromatic heterocycles. The molecule has 18 heavy (non-hydrogen) atoms. The van der Waals surface area contributed by atoms with Crippen LogP contribution < -0.4 is 5.32 Å². The molecule has 1 amide bonds. The van der Waals surface area contributed by atoms with Gasteiger partial charge in [-0.3, -0.25) is 4.79 Å². The van der Waals surface area contributed by atoms with Crippen molar-refractivity contribution in [2.45, 2.75) is 16.7 Å². The minimum Gasteiger partial charge on any atom is -0.325 e. The summed E-state index contributed by atoms with van der Waals surface area (Å²) in [6.45, 7) is 1.23. The van der Waals surface area contributed by atoms with Gasteiger partial charge in [0.25, 0.3) is 0 Å². The van der Waals surface area contributed by atoms with Crippen LogP contribution in [0.2, 0.25) is 0 Å². The molecule has 0 aliphatic carbocycles. The van der Waals surface area contributed by atoms with Crippen molar-refractivity contribution in [3.05, 3.63) is 18.2 Å². The first-order valence-electron chi connectivity index (χ1n) is 4.83. The normalized spacial score (nSPS) is 12.2. The Morgan fingerprint density at radius 1 is 1.06 bits per heavy atom. The molecule has 0 aliphatic heterocycles. The van der Waals surface area contributed by atoms with Crippen molar-refractivity contribution in [2.75, 3.05) is 17.8 Å². The van der Waals surface area contributed by atoms with E-state index in [0.29, 0.717) is 0 Å². The number of sulfone groups is 2. The Morgan fingerprint density at radius 2 is 1.61 bits per heavy atom. The minimum absolute atomic E-state index is 0.0670. The van der Waals surface area contributed by atoms with Crippen LogP contribution in [0.4, 0.5) is 5.69 Å².